The van der Waals surface area contributed by atoms with Gasteiger partial charge in [0.2, 0.25) is 0 Å². The van der Waals surface area contributed by atoms with Crippen LogP contribution in [0.3, 0.4) is 0 Å². The highest BCUT2D eigenvalue weighted by molar-refractivity contribution is 7.10. The Bertz CT molecular complexity index is 1380. The molecule has 0 bridgehead atoms. The van der Waals surface area contributed by atoms with Crippen molar-refractivity contribution in [2.45, 2.75) is 80.1 Å². The second-order valence-electron chi connectivity index (χ2n) is 13.9. The second-order valence-corrected chi connectivity index (χ2v) is 16.8. The Morgan fingerprint density at radius 1 is 0.538 bits per heavy atom. The van der Waals surface area contributed by atoms with Crippen LogP contribution in [0.1, 0.15) is 92.2 Å². The number of hydrogen-bond donors (Lipinski definition) is 1. The number of fused-ring (bicyclic) bond motifs is 3. The second kappa shape index (κ2) is 23.0. The van der Waals surface area contributed by atoms with E-state index in [2.05, 4.69) is 66.3 Å². The third-order valence-electron chi connectivity index (χ3n) is 10.6. The first-order valence-electron chi connectivity index (χ1n) is 18.3. The molecule has 3 aromatic rings. The first kappa shape index (κ1) is 45.2. The minimum Gasteiger partial charge on any atom is -0.371 e. The van der Waals surface area contributed by atoms with Crippen molar-refractivity contribution in [3.63, 3.8) is 0 Å². The lowest BCUT2D eigenvalue weighted by molar-refractivity contribution is 0.00907. The van der Waals surface area contributed by atoms with Gasteiger partial charge in [0.05, 0.1) is 19.8 Å². The zero-order chi connectivity index (χ0) is 32.5. The van der Waals surface area contributed by atoms with Crippen molar-refractivity contribution >= 4 is 34.0 Å². The van der Waals surface area contributed by atoms with E-state index in [4.69, 9.17) is 14.2 Å². The van der Waals surface area contributed by atoms with Gasteiger partial charge in [-0.15, -0.1) is 34.0 Å². The number of thiophene rings is 3. The van der Waals surface area contributed by atoms with Gasteiger partial charge in [0.25, 0.3) is 0 Å². The molecule has 3 saturated heterocycles. The normalized spacial score (nSPS) is 24.8. The lowest BCUT2D eigenvalue weighted by Crippen LogP contribution is -2.46. The zero-order valence-corrected chi connectivity index (χ0v) is 31.2. The number of nitrogens with zero attached hydrogens (tertiary/aromatic N) is 4. The smallest absolute Gasteiger partial charge is 0.105 e. The fourth-order valence-corrected chi connectivity index (χ4v) is 10.7. The molecular weight excluding hydrogens is 707 g/mol. The van der Waals surface area contributed by atoms with Gasteiger partial charge in [0, 0.05) is 86.6 Å². The number of nitrogens with one attached hydrogen (secondary N) is 1. The summed E-state index contributed by atoms with van der Waals surface area (Å²) in [6, 6.07) is 6.78. The van der Waals surface area contributed by atoms with Gasteiger partial charge in [0.15, 0.2) is 0 Å². The number of piperazine rings is 2. The standard InChI is InChI=1S/C13H20N2OS.C12H18N2OS.C12H17NOS.4CH4/c1-14-4-6-15(7-5-14)10-12-13-11(2-8-16-12)3-9-17-13;1-7-15-11(12-10(1)2-8-16-12)9-14-5-3-13-4-6-14;1-2-6-13(5-1)9-11-12-10(3-7-14-11)4-8-15-12;;;;/h3,9,12H,2,4-8,10H2,1H3;2,8,11,13H,1,3-7,9H2;4,8,11H,1-3,5-7,9H2;4*1H4. The Kier molecular flexibility index (Phi) is 20.0. The predicted octanol–water partition coefficient (Wildman–Crippen LogP) is 7.88. The maximum absolute atomic E-state index is 5.95. The van der Waals surface area contributed by atoms with E-state index >= 15 is 0 Å². The van der Waals surface area contributed by atoms with E-state index in [0.717, 1.165) is 84.9 Å². The molecule has 9 heterocycles. The first-order chi connectivity index (χ1) is 23.7. The summed E-state index contributed by atoms with van der Waals surface area (Å²) in [6.07, 6.45) is 7.02. The van der Waals surface area contributed by atoms with Crippen molar-refractivity contribution in [1.29, 1.82) is 0 Å². The third kappa shape index (κ3) is 12.1. The van der Waals surface area contributed by atoms with E-state index in [9.17, 15) is 0 Å². The summed E-state index contributed by atoms with van der Waals surface area (Å²) in [5.41, 5.74) is 4.55. The quantitative estimate of drug-likeness (QED) is 0.272. The van der Waals surface area contributed by atoms with Crippen LogP contribution in [-0.4, -0.2) is 132 Å². The molecule has 8 nitrogen and oxygen atoms in total. The highest BCUT2D eigenvalue weighted by Crippen LogP contribution is 2.34. The first-order valence-corrected chi connectivity index (χ1v) is 20.9. The molecule has 3 fully saturated rings. The molecule has 3 aromatic heterocycles. The minimum atomic E-state index is 0. The summed E-state index contributed by atoms with van der Waals surface area (Å²) >= 11 is 5.58. The molecule has 1 N–H and O–H groups in total. The lowest BCUT2D eigenvalue weighted by atomic mass is 10.1. The van der Waals surface area contributed by atoms with Crippen LogP contribution in [0.15, 0.2) is 34.3 Å². The van der Waals surface area contributed by atoms with E-state index in [1.54, 1.807) is 0 Å². The van der Waals surface area contributed by atoms with Crippen LogP contribution in [0.2, 0.25) is 0 Å². The Labute approximate surface area is 329 Å². The highest BCUT2D eigenvalue weighted by Gasteiger charge is 2.28. The van der Waals surface area contributed by atoms with Crippen molar-refractivity contribution in [2.75, 3.05) is 112 Å². The van der Waals surface area contributed by atoms with Crippen molar-refractivity contribution in [3.05, 3.63) is 65.7 Å². The molecule has 3 unspecified atom stereocenters. The fraction of sp³-hybridized carbons (Fsp3) is 0.707. The molecule has 6 aliphatic heterocycles. The molecule has 296 valence electrons. The Balaban J connectivity index is 0.000000203. The van der Waals surface area contributed by atoms with E-state index in [1.165, 1.54) is 83.4 Å². The summed E-state index contributed by atoms with van der Waals surface area (Å²) in [5, 5.41) is 9.99. The average molecular weight is 778 g/mol. The number of rotatable bonds is 6. The molecule has 0 aromatic carbocycles. The van der Waals surface area contributed by atoms with Crippen LogP contribution >= 0.6 is 34.0 Å². The number of hydrogen-bond acceptors (Lipinski definition) is 11. The van der Waals surface area contributed by atoms with E-state index in [-0.39, 0.29) is 29.7 Å². The fourth-order valence-electron chi connectivity index (χ4n) is 7.67. The molecule has 9 rings (SSSR count). The van der Waals surface area contributed by atoms with E-state index in [0.29, 0.717) is 18.3 Å². The van der Waals surface area contributed by atoms with Crippen molar-refractivity contribution in [2.24, 2.45) is 0 Å². The summed E-state index contributed by atoms with van der Waals surface area (Å²) in [4.78, 5) is 14.4. The van der Waals surface area contributed by atoms with Gasteiger partial charge in [-0.2, -0.15) is 0 Å². The third-order valence-corrected chi connectivity index (χ3v) is 13.7. The molecule has 0 radical (unpaired) electrons. The van der Waals surface area contributed by atoms with Gasteiger partial charge >= 0.3 is 0 Å². The SMILES string of the molecule is C.C.C.C.CN1CCN(CC2OCCc3ccsc32)CC1.c1cc2c(s1)C(CN1CCCC1)OCC2.c1cc2c(s1)C(CN1CCNCC1)OCC2. The minimum absolute atomic E-state index is 0. The summed E-state index contributed by atoms with van der Waals surface area (Å²) in [5.74, 6) is 0. The maximum Gasteiger partial charge on any atom is 0.105 e. The van der Waals surface area contributed by atoms with Gasteiger partial charge in [-0.3, -0.25) is 9.80 Å². The van der Waals surface area contributed by atoms with Crippen LogP contribution in [0, 0.1) is 0 Å². The van der Waals surface area contributed by atoms with Crippen LogP contribution in [0.5, 0.6) is 0 Å². The number of likely N-dealkylation sites (N-methyl/N-ethyl adjacent to an activating group) is 1. The van der Waals surface area contributed by atoms with Gasteiger partial charge in [-0.25, -0.2) is 0 Å². The van der Waals surface area contributed by atoms with Crippen molar-refractivity contribution in [3.8, 4) is 0 Å². The van der Waals surface area contributed by atoms with E-state index in [1.807, 2.05) is 34.0 Å². The molecule has 0 amide bonds. The summed E-state index contributed by atoms with van der Waals surface area (Å²) in [7, 11) is 2.20. The maximum atomic E-state index is 5.95. The van der Waals surface area contributed by atoms with Gasteiger partial charge in [-0.1, -0.05) is 29.7 Å². The molecule has 11 heteroatoms. The molecule has 0 saturated carbocycles. The molecule has 6 aliphatic rings. The van der Waals surface area contributed by atoms with Crippen LogP contribution in [0.4, 0.5) is 0 Å². The zero-order valence-electron chi connectivity index (χ0n) is 28.8. The van der Waals surface area contributed by atoms with Gasteiger partial charge < -0.3 is 29.3 Å². The van der Waals surface area contributed by atoms with Crippen LogP contribution in [-0.2, 0) is 33.5 Å². The van der Waals surface area contributed by atoms with Gasteiger partial charge in [0.1, 0.15) is 18.3 Å². The van der Waals surface area contributed by atoms with Crippen molar-refractivity contribution in [1.82, 2.24) is 24.9 Å². The summed E-state index contributed by atoms with van der Waals surface area (Å²) < 4.78 is 17.8. The number of likely N-dealkylation sites (tertiary alicyclic amines) is 1. The summed E-state index contributed by atoms with van der Waals surface area (Å²) in [6.45, 7) is 17.7. The van der Waals surface area contributed by atoms with E-state index < -0.39 is 0 Å². The Hall–Kier alpha value is -1.22. The largest absolute Gasteiger partial charge is 0.371 e. The molecule has 3 atom stereocenters. The number of ether oxygens (including phenoxy) is 3. The van der Waals surface area contributed by atoms with Crippen LogP contribution in [0.25, 0.3) is 0 Å². The monoisotopic (exact) mass is 777 g/mol. The topological polar surface area (TPSA) is 52.7 Å². The lowest BCUT2D eigenvalue weighted by Gasteiger charge is -2.35. The molecule has 0 spiro atoms. The molecule has 52 heavy (non-hydrogen) atoms. The highest BCUT2D eigenvalue weighted by atomic mass is 32.1. The Morgan fingerprint density at radius 3 is 1.31 bits per heavy atom. The average Bonchev–Trinajstić information content (AvgIpc) is 3.95. The van der Waals surface area contributed by atoms with Crippen LogP contribution < -0.4 is 5.32 Å². The van der Waals surface area contributed by atoms with Crippen molar-refractivity contribution < 1.29 is 14.2 Å². The Morgan fingerprint density at radius 2 is 0.904 bits per heavy atom. The van der Waals surface area contributed by atoms with Gasteiger partial charge in [-0.05, 0) is 103 Å². The predicted molar refractivity (Wildman–Crippen MR) is 226 cm³/mol. The molecule has 0 aliphatic carbocycles. The molecular formula is C41H71N5O3S3.